The molecule has 0 fully saturated rings. The first kappa shape index (κ1) is 16.0. The number of nitrogens with one attached hydrogen (secondary N) is 2. The molecule has 0 atom stereocenters. The van der Waals surface area contributed by atoms with Gasteiger partial charge in [-0.05, 0) is 30.4 Å². The Morgan fingerprint density at radius 2 is 1.95 bits per heavy atom. The van der Waals surface area contributed by atoms with Gasteiger partial charge < -0.3 is 5.73 Å². The fourth-order valence-electron chi connectivity index (χ4n) is 1.13. The van der Waals surface area contributed by atoms with Crippen LogP contribution in [0.3, 0.4) is 0 Å². The Bertz CT molecular complexity index is 604. The Morgan fingerprint density at radius 3 is 2.42 bits per heavy atom. The maximum absolute atomic E-state index is 12.7. The number of hydrogen-bond donors (Lipinski definition) is 3. The number of hydrogen-bond acceptors (Lipinski definition) is 3. The van der Waals surface area contributed by atoms with Crippen molar-refractivity contribution >= 4 is 39.0 Å². The molecule has 1 aromatic rings. The minimum absolute atomic E-state index is 0.242. The van der Waals surface area contributed by atoms with E-state index in [9.17, 15) is 21.6 Å². The quantitative estimate of drug-likeness (QED) is 0.575. The number of benzene rings is 1. The summed E-state index contributed by atoms with van der Waals surface area (Å²) < 4.78 is 61.6. The van der Waals surface area contributed by atoms with Crippen molar-refractivity contribution in [2.24, 2.45) is 5.73 Å². The normalized spacial score (nSPS) is 12.2. The summed E-state index contributed by atoms with van der Waals surface area (Å²) in [6, 6.07) is 2.26. The second-order valence-electron chi connectivity index (χ2n) is 3.23. The van der Waals surface area contributed by atoms with E-state index in [0.29, 0.717) is 6.07 Å². The van der Waals surface area contributed by atoms with Crippen LogP contribution in [-0.2, 0) is 16.2 Å². The standard InChI is InChI=1S/C8H7ClF3N3O2S2/c9-4-1-2-6(5(3-4)8(10,11)12)19(16,17)15-14-7(13)18/h1-3,15H,(H3,13,14,18). The SMILES string of the molecule is NC(=S)NNS(=O)(=O)c1ccc(Cl)cc1C(F)(F)F. The van der Waals surface area contributed by atoms with E-state index in [0.717, 1.165) is 12.1 Å². The fraction of sp³-hybridized carbons (Fsp3) is 0.125. The van der Waals surface area contributed by atoms with Gasteiger partial charge in [0, 0.05) is 5.02 Å². The zero-order valence-corrected chi connectivity index (χ0v) is 11.3. The average Bonchev–Trinajstić information content (AvgIpc) is 2.25. The summed E-state index contributed by atoms with van der Waals surface area (Å²) in [4.78, 5) is 0.627. The van der Waals surface area contributed by atoms with Crippen molar-refractivity contribution in [2.45, 2.75) is 11.1 Å². The highest BCUT2D eigenvalue weighted by Crippen LogP contribution is 2.35. The summed E-state index contributed by atoms with van der Waals surface area (Å²) in [6.45, 7) is 0. The van der Waals surface area contributed by atoms with Crippen molar-refractivity contribution in [3.63, 3.8) is 0 Å². The van der Waals surface area contributed by atoms with Gasteiger partial charge in [0.25, 0.3) is 10.0 Å². The molecule has 0 aliphatic rings. The average molecular weight is 334 g/mol. The maximum atomic E-state index is 12.7. The molecule has 0 aliphatic carbocycles. The van der Waals surface area contributed by atoms with E-state index < -0.39 is 31.8 Å². The largest absolute Gasteiger partial charge is 0.417 e. The van der Waals surface area contributed by atoms with Crippen LogP contribution < -0.4 is 16.0 Å². The molecule has 0 radical (unpaired) electrons. The Hall–Kier alpha value is -1.10. The van der Waals surface area contributed by atoms with Gasteiger partial charge in [0.1, 0.15) is 0 Å². The van der Waals surface area contributed by atoms with Gasteiger partial charge >= 0.3 is 6.18 Å². The summed E-state index contributed by atoms with van der Waals surface area (Å²) in [5.41, 5.74) is 5.43. The van der Waals surface area contributed by atoms with Crippen LogP contribution in [0.5, 0.6) is 0 Å². The lowest BCUT2D eigenvalue weighted by Crippen LogP contribution is -2.44. The summed E-state index contributed by atoms with van der Waals surface area (Å²) in [5.74, 6) is 0. The molecule has 1 aromatic carbocycles. The van der Waals surface area contributed by atoms with Crippen LogP contribution in [0, 0.1) is 0 Å². The molecule has 0 heterocycles. The second-order valence-corrected chi connectivity index (χ2v) is 5.76. The first-order valence-electron chi connectivity index (χ1n) is 4.48. The lowest BCUT2D eigenvalue weighted by molar-refractivity contribution is -0.139. The minimum Gasteiger partial charge on any atom is -0.375 e. The van der Waals surface area contributed by atoms with E-state index in [1.165, 1.54) is 0 Å². The van der Waals surface area contributed by atoms with Gasteiger partial charge in [-0.2, -0.15) is 13.2 Å². The molecular weight excluding hydrogens is 327 g/mol. The smallest absolute Gasteiger partial charge is 0.375 e. The number of sulfonamides is 1. The summed E-state index contributed by atoms with van der Waals surface area (Å²) in [5, 5.41) is -0.681. The van der Waals surface area contributed by atoms with Crippen LogP contribution in [-0.4, -0.2) is 13.5 Å². The third-order valence-electron chi connectivity index (χ3n) is 1.85. The highest BCUT2D eigenvalue weighted by Gasteiger charge is 2.37. The van der Waals surface area contributed by atoms with Gasteiger partial charge in [0.05, 0.1) is 10.5 Å². The number of hydrazine groups is 1. The monoisotopic (exact) mass is 333 g/mol. The van der Waals surface area contributed by atoms with Crippen LogP contribution in [0.1, 0.15) is 5.56 Å². The molecule has 0 spiro atoms. The Morgan fingerprint density at radius 1 is 1.37 bits per heavy atom. The predicted octanol–water partition coefficient (Wildman–Crippen LogP) is 1.39. The Labute approximate surface area is 116 Å². The van der Waals surface area contributed by atoms with E-state index >= 15 is 0 Å². The zero-order chi connectivity index (χ0) is 14.8. The molecule has 4 N–H and O–H groups in total. The van der Waals surface area contributed by atoms with E-state index in [1.807, 2.05) is 5.43 Å². The van der Waals surface area contributed by atoms with Crippen molar-refractivity contribution in [3.8, 4) is 0 Å². The number of rotatable bonds is 3. The lowest BCUT2D eigenvalue weighted by atomic mass is 10.2. The van der Waals surface area contributed by atoms with E-state index in [2.05, 4.69) is 12.2 Å². The van der Waals surface area contributed by atoms with Gasteiger partial charge in [-0.25, -0.2) is 8.42 Å². The third kappa shape index (κ3) is 4.20. The molecule has 106 valence electrons. The molecular formula is C8H7ClF3N3O2S2. The molecule has 0 aromatic heterocycles. The highest BCUT2D eigenvalue weighted by atomic mass is 35.5. The first-order valence-corrected chi connectivity index (χ1v) is 6.75. The van der Waals surface area contributed by atoms with Crippen LogP contribution in [0.25, 0.3) is 0 Å². The molecule has 11 heteroatoms. The first-order chi connectivity index (χ1) is 8.54. The Kier molecular flexibility index (Phi) is 4.61. The van der Waals surface area contributed by atoms with Crippen molar-refractivity contribution in [1.29, 1.82) is 0 Å². The second kappa shape index (κ2) is 5.49. The van der Waals surface area contributed by atoms with Gasteiger partial charge in [0.2, 0.25) is 0 Å². The number of thiocarbonyl (C=S) groups is 1. The predicted molar refractivity (Wildman–Crippen MR) is 66.7 cm³/mol. The molecule has 0 aliphatic heterocycles. The van der Waals surface area contributed by atoms with Crippen LogP contribution >= 0.6 is 23.8 Å². The van der Waals surface area contributed by atoms with Crippen LogP contribution in [0.2, 0.25) is 5.02 Å². The molecule has 0 saturated heterocycles. The van der Waals surface area contributed by atoms with E-state index in [4.69, 9.17) is 17.3 Å². The van der Waals surface area contributed by atoms with Crippen molar-refractivity contribution in [2.75, 3.05) is 0 Å². The van der Waals surface area contributed by atoms with Gasteiger partial charge in [-0.15, -0.1) is 4.83 Å². The maximum Gasteiger partial charge on any atom is 0.417 e. The lowest BCUT2D eigenvalue weighted by Gasteiger charge is -2.14. The number of alkyl halides is 3. The third-order valence-corrected chi connectivity index (χ3v) is 3.49. The van der Waals surface area contributed by atoms with Crippen molar-refractivity contribution in [3.05, 3.63) is 28.8 Å². The number of halogens is 4. The summed E-state index contributed by atoms with van der Waals surface area (Å²) in [7, 11) is -4.49. The van der Waals surface area contributed by atoms with Gasteiger partial charge in [-0.1, -0.05) is 11.6 Å². The molecule has 0 amide bonds. The molecule has 1 rings (SSSR count). The molecule has 5 nitrogen and oxygen atoms in total. The molecule has 0 unspecified atom stereocenters. The molecule has 0 saturated carbocycles. The zero-order valence-electron chi connectivity index (χ0n) is 8.95. The fourth-order valence-corrected chi connectivity index (χ4v) is 2.48. The van der Waals surface area contributed by atoms with E-state index in [1.54, 1.807) is 4.83 Å². The molecule has 0 bridgehead atoms. The van der Waals surface area contributed by atoms with Gasteiger partial charge in [0.15, 0.2) is 5.11 Å². The Balaban J connectivity index is 3.31. The summed E-state index contributed by atoms with van der Waals surface area (Å²) >= 11 is 9.77. The highest BCUT2D eigenvalue weighted by molar-refractivity contribution is 7.89. The number of nitrogens with two attached hydrogens (primary N) is 1. The van der Waals surface area contributed by atoms with Crippen LogP contribution in [0.4, 0.5) is 13.2 Å². The van der Waals surface area contributed by atoms with Crippen molar-refractivity contribution < 1.29 is 21.6 Å². The molecule has 19 heavy (non-hydrogen) atoms. The summed E-state index contributed by atoms with van der Waals surface area (Å²) in [6.07, 6.45) is -4.88. The van der Waals surface area contributed by atoms with Crippen LogP contribution in [0.15, 0.2) is 23.1 Å². The topological polar surface area (TPSA) is 84.2 Å². The minimum atomic E-state index is -4.88. The van der Waals surface area contributed by atoms with Crippen molar-refractivity contribution in [1.82, 2.24) is 10.3 Å². The van der Waals surface area contributed by atoms with E-state index in [-0.39, 0.29) is 5.02 Å². The van der Waals surface area contributed by atoms with Gasteiger partial charge in [-0.3, -0.25) is 5.43 Å².